The number of halogens is 2. The molecule has 25 heavy (non-hydrogen) atoms. The molecule has 0 aliphatic carbocycles. The van der Waals surface area contributed by atoms with Crippen LogP contribution in [-0.4, -0.2) is 41.9 Å². The van der Waals surface area contributed by atoms with Gasteiger partial charge in [-0.1, -0.05) is 59.6 Å². The molecule has 1 heterocycles. The largest absolute Gasteiger partial charge is 0.337 e. The van der Waals surface area contributed by atoms with Gasteiger partial charge in [-0.3, -0.25) is 9.69 Å². The van der Waals surface area contributed by atoms with Gasteiger partial charge >= 0.3 is 0 Å². The van der Waals surface area contributed by atoms with Crippen molar-refractivity contribution in [3.63, 3.8) is 0 Å². The van der Waals surface area contributed by atoms with Crippen molar-refractivity contribution >= 4 is 35.2 Å². The summed E-state index contributed by atoms with van der Waals surface area (Å²) in [6.45, 7) is 4.21. The average Bonchev–Trinajstić information content (AvgIpc) is 2.64. The number of carbonyl (C=O) groups is 1. The molecule has 3 nitrogen and oxygen atoms in total. The second-order valence-corrected chi connectivity index (χ2v) is 6.91. The molecule has 2 aromatic carbocycles. The molecule has 0 radical (unpaired) electrons. The molecule has 0 unspecified atom stereocenters. The van der Waals surface area contributed by atoms with E-state index in [0.717, 1.165) is 38.3 Å². The molecule has 0 spiro atoms. The molecule has 0 saturated carbocycles. The van der Waals surface area contributed by atoms with Gasteiger partial charge in [-0.2, -0.15) is 0 Å². The average molecular weight is 375 g/mol. The van der Waals surface area contributed by atoms with E-state index < -0.39 is 0 Å². The van der Waals surface area contributed by atoms with Gasteiger partial charge in [-0.15, -0.1) is 0 Å². The van der Waals surface area contributed by atoms with Crippen LogP contribution in [0.4, 0.5) is 0 Å². The highest BCUT2D eigenvalue weighted by Crippen LogP contribution is 2.23. The van der Waals surface area contributed by atoms with E-state index in [-0.39, 0.29) is 5.91 Å². The lowest BCUT2D eigenvalue weighted by atomic mass is 10.2. The first-order valence-electron chi connectivity index (χ1n) is 8.30. The van der Waals surface area contributed by atoms with Crippen LogP contribution < -0.4 is 0 Å². The lowest BCUT2D eigenvalue weighted by molar-refractivity contribution is -0.127. The van der Waals surface area contributed by atoms with Crippen molar-refractivity contribution in [1.82, 2.24) is 9.80 Å². The first-order valence-corrected chi connectivity index (χ1v) is 9.06. The van der Waals surface area contributed by atoms with Crippen molar-refractivity contribution in [2.45, 2.75) is 6.54 Å². The molecular formula is C20H20Cl2N2O. The number of nitrogens with zero attached hydrogens (tertiary/aromatic N) is 2. The summed E-state index contributed by atoms with van der Waals surface area (Å²) in [5.41, 5.74) is 2.17. The monoisotopic (exact) mass is 374 g/mol. The maximum absolute atomic E-state index is 12.3. The lowest BCUT2D eigenvalue weighted by Crippen LogP contribution is -2.47. The second-order valence-electron chi connectivity index (χ2n) is 6.09. The molecule has 0 N–H and O–H groups in total. The van der Waals surface area contributed by atoms with E-state index in [0.29, 0.717) is 10.0 Å². The number of amides is 1. The number of carbonyl (C=O) groups excluding carboxylic acids is 1. The van der Waals surface area contributed by atoms with Crippen LogP contribution >= 0.6 is 23.2 Å². The standard InChI is InChI=1S/C20H20Cl2N2O/c21-18-8-6-16(14-19(18)22)7-9-20(25)24-12-10-23(11-13-24)15-17-4-2-1-3-5-17/h1-9,14H,10-13,15H2/b9-7+. The Morgan fingerprint density at radius 1 is 0.960 bits per heavy atom. The zero-order chi connectivity index (χ0) is 17.6. The molecular weight excluding hydrogens is 355 g/mol. The van der Waals surface area contributed by atoms with Gasteiger partial charge in [-0.05, 0) is 29.3 Å². The molecule has 1 aliphatic rings. The van der Waals surface area contributed by atoms with Crippen LogP contribution in [0.25, 0.3) is 6.08 Å². The zero-order valence-corrected chi connectivity index (χ0v) is 15.4. The van der Waals surface area contributed by atoms with E-state index >= 15 is 0 Å². The molecule has 1 aliphatic heterocycles. The highest BCUT2D eigenvalue weighted by molar-refractivity contribution is 6.42. The van der Waals surface area contributed by atoms with Crippen LogP contribution in [0.3, 0.4) is 0 Å². The smallest absolute Gasteiger partial charge is 0.246 e. The Bertz CT molecular complexity index is 754. The van der Waals surface area contributed by atoms with Gasteiger partial charge < -0.3 is 4.90 Å². The van der Waals surface area contributed by atoms with Gasteiger partial charge in [0, 0.05) is 38.8 Å². The van der Waals surface area contributed by atoms with Crippen molar-refractivity contribution in [3.8, 4) is 0 Å². The Kier molecular flexibility index (Phi) is 6.14. The van der Waals surface area contributed by atoms with Gasteiger partial charge in [0.2, 0.25) is 5.91 Å². The maximum Gasteiger partial charge on any atom is 0.246 e. The molecule has 0 atom stereocenters. The van der Waals surface area contributed by atoms with E-state index in [2.05, 4.69) is 29.2 Å². The molecule has 1 saturated heterocycles. The third-order valence-corrected chi connectivity index (χ3v) is 5.03. The number of hydrogen-bond donors (Lipinski definition) is 0. The molecule has 1 fully saturated rings. The number of hydrogen-bond acceptors (Lipinski definition) is 2. The number of rotatable bonds is 4. The summed E-state index contributed by atoms with van der Waals surface area (Å²) >= 11 is 11.9. The molecule has 0 bridgehead atoms. The summed E-state index contributed by atoms with van der Waals surface area (Å²) in [5, 5.41) is 1.01. The first-order chi connectivity index (χ1) is 12.1. The van der Waals surface area contributed by atoms with Crippen molar-refractivity contribution in [3.05, 3.63) is 75.8 Å². The zero-order valence-electron chi connectivity index (χ0n) is 13.9. The molecule has 0 aromatic heterocycles. The Morgan fingerprint density at radius 3 is 2.36 bits per heavy atom. The predicted molar refractivity (Wildman–Crippen MR) is 104 cm³/mol. The van der Waals surface area contributed by atoms with Crippen molar-refractivity contribution in [2.75, 3.05) is 26.2 Å². The van der Waals surface area contributed by atoms with E-state index in [1.54, 1.807) is 24.3 Å². The summed E-state index contributed by atoms with van der Waals surface area (Å²) in [4.78, 5) is 16.6. The maximum atomic E-state index is 12.3. The Morgan fingerprint density at radius 2 is 1.68 bits per heavy atom. The van der Waals surface area contributed by atoms with E-state index in [4.69, 9.17) is 23.2 Å². The Balaban J connectivity index is 1.51. The fourth-order valence-corrected chi connectivity index (χ4v) is 3.16. The molecule has 1 amide bonds. The predicted octanol–water partition coefficient (Wildman–Crippen LogP) is 4.35. The normalized spacial score (nSPS) is 15.7. The molecule has 3 rings (SSSR count). The Labute approximate surface area is 158 Å². The number of benzene rings is 2. The number of piperazine rings is 1. The van der Waals surface area contributed by atoms with Gasteiger partial charge in [-0.25, -0.2) is 0 Å². The van der Waals surface area contributed by atoms with Gasteiger partial charge in [0.15, 0.2) is 0 Å². The highest BCUT2D eigenvalue weighted by Gasteiger charge is 2.19. The van der Waals surface area contributed by atoms with Crippen LogP contribution in [0.1, 0.15) is 11.1 Å². The van der Waals surface area contributed by atoms with Crippen LogP contribution in [0, 0.1) is 0 Å². The minimum absolute atomic E-state index is 0.0328. The van der Waals surface area contributed by atoms with Crippen molar-refractivity contribution in [2.24, 2.45) is 0 Å². The van der Waals surface area contributed by atoms with Crippen molar-refractivity contribution in [1.29, 1.82) is 0 Å². The summed E-state index contributed by atoms with van der Waals surface area (Å²) < 4.78 is 0. The minimum Gasteiger partial charge on any atom is -0.337 e. The van der Waals surface area contributed by atoms with Gasteiger partial charge in [0.25, 0.3) is 0 Å². The van der Waals surface area contributed by atoms with Crippen LogP contribution in [0.15, 0.2) is 54.6 Å². The lowest BCUT2D eigenvalue weighted by Gasteiger charge is -2.34. The van der Waals surface area contributed by atoms with Crippen LogP contribution in [-0.2, 0) is 11.3 Å². The fourth-order valence-electron chi connectivity index (χ4n) is 2.86. The highest BCUT2D eigenvalue weighted by atomic mass is 35.5. The molecule has 5 heteroatoms. The van der Waals surface area contributed by atoms with Gasteiger partial charge in [0.1, 0.15) is 0 Å². The van der Waals surface area contributed by atoms with E-state index in [1.165, 1.54) is 5.56 Å². The molecule has 130 valence electrons. The summed E-state index contributed by atoms with van der Waals surface area (Å²) in [6.07, 6.45) is 3.38. The summed E-state index contributed by atoms with van der Waals surface area (Å²) in [5.74, 6) is 0.0328. The third kappa shape index (κ3) is 5.08. The summed E-state index contributed by atoms with van der Waals surface area (Å²) in [6, 6.07) is 15.7. The SMILES string of the molecule is O=C(/C=C/c1ccc(Cl)c(Cl)c1)N1CCN(Cc2ccccc2)CC1. The molecule has 2 aromatic rings. The minimum atomic E-state index is 0.0328. The first kappa shape index (κ1) is 18.0. The van der Waals surface area contributed by atoms with Crippen LogP contribution in [0.2, 0.25) is 10.0 Å². The van der Waals surface area contributed by atoms with Gasteiger partial charge in [0.05, 0.1) is 10.0 Å². The summed E-state index contributed by atoms with van der Waals surface area (Å²) in [7, 11) is 0. The topological polar surface area (TPSA) is 23.6 Å². The third-order valence-electron chi connectivity index (χ3n) is 4.29. The van der Waals surface area contributed by atoms with Crippen molar-refractivity contribution < 1.29 is 4.79 Å². The van der Waals surface area contributed by atoms with E-state index in [1.807, 2.05) is 17.0 Å². The van der Waals surface area contributed by atoms with Crippen LogP contribution in [0.5, 0.6) is 0 Å². The fraction of sp³-hybridized carbons (Fsp3) is 0.250. The van der Waals surface area contributed by atoms with E-state index in [9.17, 15) is 4.79 Å². The quantitative estimate of drug-likeness (QED) is 0.742. The second kappa shape index (κ2) is 8.52. The Hall–Kier alpha value is -1.81.